The average molecular weight is 973 g/mol. The van der Waals surface area contributed by atoms with Gasteiger partial charge < -0.3 is 39.4 Å². The monoisotopic (exact) mass is 973 g/mol. The van der Waals surface area contributed by atoms with Gasteiger partial charge in [0.25, 0.3) is 0 Å². The van der Waals surface area contributed by atoms with Crippen LogP contribution in [-0.2, 0) is 28.5 Å². The smallest absolute Gasteiger partial charge is 0.306 e. The van der Waals surface area contributed by atoms with E-state index in [2.05, 4.69) is 68.5 Å². The quantitative estimate of drug-likeness (QED) is 0.0263. The van der Waals surface area contributed by atoms with Crippen LogP contribution < -0.4 is 0 Å². The number of allylic oxidation sites excluding steroid dienone is 10. The molecule has 1 fully saturated rings. The molecule has 0 radical (unpaired) electrons. The highest BCUT2D eigenvalue weighted by Gasteiger charge is 2.44. The van der Waals surface area contributed by atoms with Gasteiger partial charge in [0.15, 0.2) is 12.4 Å². The predicted octanol–water partition coefficient (Wildman–Crippen LogP) is 14.1. The first-order valence-electron chi connectivity index (χ1n) is 28.4. The predicted molar refractivity (Wildman–Crippen MR) is 284 cm³/mol. The molecule has 400 valence electrons. The molecule has 1 rings (SSSR count). The Morgan fingerprint density at radius 3 is 1.23 bits per heavy atom. The number of esters is 2. The molecular formula is C59H104O10. The topological polar surface area (TPSA) is 152 Å². The summed E-state index contributed by atoms with van der Waals surface area (Å²) in [6, 6.07) is 0. The zero-order valence-corrected chi connectivity index (χ0v) is 44.1. The molecule has 0 aromatic heterocycles. The Labute approximate surface area is 421 Å². The lowest BCUT2D eigenvalue weighted by Crippen LogP contribution is -2.59. The Balaban J connectivity index is 2.27. The maximum atomic E-state index is 12.8. The van der Waals surface area contributed by atoms with E-state index >= 15 is 0 Å². The number of carbonyl (C=O) groups excluding carboxylic acids is 2. The summed E-state index contributed by atoms with van der Waals surface area (Å²) in [4.78, 5) is 25.5. The van der Waals surface area contributed by atoms with Crippen LogP contribution in [0.15, 0.2) is 60.8 Å². The molecule has 1 aliphatic heterocycles. The van der Waals surface area contributed by atoms with Gasteiger partial charge in [0.2, 0.25) is 0 Å². The van der Waals surface area contributed by atoms with Crippen molar-refractivity contribution in [2.24, 2.45) is 0 Å². The van der Waals surface area contributed by atoms with E-state index in [1.807, 2.05) is 6.08 Å². The third-order valence-electron chi connectivity index (χ3n) is 12.9. The summed E-state index contributed by atoms with van der Waals surface area (Å²) in [5.41, 5.74) is 0. The minimum atomic E-state index is -1.61. The summed E-state index contributed by atoms with van der Waals surface area (Å²) >= 11 is 0. The maximum Gasteiger partial charge on any atom is 0.306 e. The molecule has 0 aliphatic carbocycles. The van der Waals surface area contributed by atoms with Crippen LogP contribution in [0.1, 0.15) is 245 Å². The molecule has 0 bridgehead atoms. The van der Waals surface area contributed by atoms with Crippen molar-refractivity contribution < 1.29 is 49.0 Å². The maximum absolute atomic E-state index is 12.8. The van der Waals surface area contributed by atoms with Gasteiger partial charge in [-0.1, -0.05) is 222 Å². The molecule has 6 atom stereocenters. The number of aliphatic hydroxyl groups excluding tert-OH is 4. The van der Waals surface area contributed by atoms with E-state index in [-0.39, 0.29) is 26.1 Å². The molecular weight excluding hydrogens is 869 g/mol. The molecule has 1 aliphatic rings. The van der Waals surface area contributed by atoms with Gasteiger partial charge in [-0.15, -0.1) is 0 Å². The van der Waals surface area contributed by atoms with Crippen molar-refractivity contribution >= 4 is 11.9 Å². The third-order valence-corrected chi connectivity index (χ3v) is 12.9. The first-order valence-corrected chi connectivity index (χ1v) is 28.4. The van der Waals surface area contributed by atoms with Crippen molar-refractivity contribution in [3.8, 4) is 0 Å². The van der Waals surface area contributed by atoms with Crippen LogP contribution >= 0.6 is 0 Å². The van der Waals surface area contributed by atoms with Gasteiger partial charge in [-0.2, -0.15) is 0 Å². The first kappa shape index (κ1) is 64.4. The molecule has 0 aromatic rings. The van der Waals surface area contributed by atoms with E-state index in [4.69, 9.17) is 18.9 Å². The van der Waals surface area contributed by atoms with E-state index in [0.29, 0.717) is 19.3 Å². The summed E-state index contributed by atoms with van der Waals surface area (Å²) in [6.07, 6.45) is 55.4. The zero-order valence-electron chi connectivity index (χ0n) is 44.1. The Bertz CT molecular complexity index is 1310. The van der Waals surface area contributed by atoms with Crippen LogP contribution in [0.4, 0.5) is 0 Å². The van der Waals surface area contributed by atoms with Crippen LogP contribution in [0.25, 0.3) is 0 Å². The fourth-order valence-electron chi connectivity index (χ4n) is 8.42. The summed E-state index contributed by atoms with van der Waals surface area (Å²) < 4.78 is 22.2. The van der Waals surface area contributed by atoms with E-state index in [1.165, 1.54) is 167 Å². The van der Waals surface area contributed by atoms with Gasteiger partial charge in [-0.25, -0.2) is 0 Å². The third kappa shape index (κ3) is 39.7. The van der Waals surface area contributed by atoms with E-state index < -0.39 is 55.4 Å². The van der Waals surface area contributed by atoms with Gasteiger partial charge >= 0.3 is 11.9 Å². The van der Waals surface area contributed by atoms with Crippen molar-refractivity contribution in [3.05, 3.63) is 60.8 Å². The normalized spacial score (nSPS) is 19.3. The zero-order chi connectivity index (χ0) is 50.1. The molecule has 0 amide bonds. The van der Waals surface area contributed by atoms with Gasteiger partial charge in [0.05, 0.1) is 13.2 Å². The number of rotatable bonds is 48. The molecule has 10 heteroatoms. The lowest BCUT2D eigenvalue weighted by Gasteiger charge is -2.39. The van der Waals surface area contributed by atoms with E-state index in [1.54, 1.807) is 0 Å². The molecule has 1 saturated heterocycles. The van der Waals surface area contributed by atoms with Crippen LogP contribution in [0.2, 0.25) is 0 Å². The molecule has 0 saturated carbocycles. The first-order chi connectivity index (χ1) is 33.8. The van der Waals surface area contributed by atoms with Gasteiger partial charge in [-0.05, 0) is 70.6 Å². The van der Waals surface area contributed by atoms with Crippen molar-refractivity contribution in [1.29, 1.82) is 0 Å². The number of unbranched alkanes of at least 4 members (excludes halogenated alkanes) is 27. The minimum absolute atomic E-state index is 0.148. The van der Waals surface area contributed by atoms with Crippen molar-refractivity contribution in [3.63, 3.8) is 0 Å². The van der Waals surface area contributed by atoms with Gasteiger partial charge in [0.1, 0.15) is 31.0 Å². The molecule has 10 nitrogen and oxygen atoms in total. The molecule has 2 unspecified atom stereocenters. The molecule has 0 aromatic carbocycles. The summed E-state index contributed by atoms with van der Waals surface area (Å²) in [7, 11) is 0. The summed E-state index contributed by atoms with van der Waals surface area (Å²) in [6.45, 7) is 3.38. The van der Waals surface area contributed by atoms with Crippen molar-refractivity contribution in [2.75, 3.05) is 19.8 Å². The number of hydrogen-bond donors (Lipinski definition) is 4. The average Bonchev–Trinajstić information content (AvgIpc) is 3.35. The lowest BCUT2D eigenvalue weighted by molar-refractivity contribution is -0.305. The second-order valence-electron chi connectivity index (χ2n) is 19.4. The second kappa shape index (κ2) is 49.0. The number of carbonyl (C=O) groups is 2. The number of ether oxygens (including phenoxy) is 4. The Kier molecular flexibility index (Phi) is 45.7. The van der Waals surface area contributed by atoms with Crippen LogP contribution in [0.3, 0.4) is 0 Å². The van der Waals surface area contributed by atoms with Crippen molar-refractivity contribution in [2.45, 2.75) is 282 Å². The Hall–Kier alpha value is -2.60. The molecule has 69 heavy (non-hydrogen) atoms. The van der Waals surface area contributed by atoms with Crippen LogP contribution in [0.5, 0.6) is 0 Å². The fraction of sp³-hybridized carbons (Fsp3) is 0.797. The largest absolute Gasteiger partial charge is 0.462 e. The number of aliphatic hydroxyl groups is 4. The van der Waals surface area contributed by atoms with E-state index in [9.17, 15) is 30.0 Å². The molecule has 4 N–H and O–H groups in total. The molecule has 0 spiro atoms. The van der Waals surface area contributed by atoms with Crippen LogP contribution in [-0.4, -0.2) is 89.0 Å². The van der Waals surface area contributed by atoms with E-state index in [0.717, 1.165) is 32.1 Å². The highest BCUT2D eigenvalue weighted by molar-refractivity contribution is 5.70. The van der Waals surface area contributed by atoms with Gasteiger partial charge in [-0.3, -0.25) is 9.59 Å². The SMILES string of the molecule is CCCCCCCCC/C=C/C/C=C/C/C=C/C/C=C/CCCC(=O)O[C@@H](COC(=O)CCC/C=C/CCCCCCCCCCCCCCCCCCCC)CO[C@H]1O[C@@H](CO)[C@@H](O)C(O)C1O. The standard InChI is InChI=1S/C59H104O10/c1-3-5-7-9-11-13-15-17-19-21-23-25-26-28-29-31-33-35-37-39-41-43-45-47-54(61)66-50-52(51-67-59-58(65)57(64)56(63)53(49-60)69-59)68-55(62)48-46-44-42-40-38-36-34-32-30-27-24-22-20-18-16-14-12-10-8-6-4-2/h20,22,27,30,34,36,39-42,52-53,56-60,63-65H,3-19,21,23-26,28-29,31-33,35,37-38,43-51H2,1-2H3/b22-20+,30-27+,36-34+,41-39+,42-40+/t52-,53-,56+,57?,58?,59-/m0/s1. The lowest BCUT2D eigenvalue weighted by atomic mass is 9.99. The molecule has 1 heterocycles. The fourth-order valence-corrected chi connectivity index (χ4v) is 8.42. The Morgan fingerprint density at radius 1 is 0.449 bits per heavy atom. The van der Waals surface area contributed by atoms with Gasteiger partial charge in [0, 0.05) is 12.8 Å². The summed E-state index contributed by atoms with van der Waals surface area (Å²) in [5, 5.41) is 40.3. The highest BCUT2D eigenvalue weighted by Crippen LogP contribution is 2.23. The number of hydrogen-bond acceptors (Lipinski definition) is 10. The van der Waals surface area contributed by atoms with Crippen LogP contribution in [0, 0.1) is 0 Å². The Morgan fingerprint density at radius 2 is 0.812 bits per heavy atom. The van der Waals surface area contributed by atoms with Crippen molar-refractivity contribution in [1.82, 2.24) is 0 Å². The second-order valence-corrected chi connectivity index (χ2v) is 19.4. The minimum Gasteiger partial charge on any atom is -0.462 e. The summed E-state index contributed by atoms with van der Waals surface area (Å²) in [5.74, 6) is -0.904. The highest BCUT2D eigenvalue weighted by atomic mass is 16.7.